The average molecular weight is 371 g/mol. The number of rotatable bonds is 8. The van der Waals surface area contributed by atoms with E-state index in [-0.39, 0.29) is 0 Å². The number of nitrogens with one attached hydrogen (secondary N) is 2. The molecule has 0 fully saturated rings. The number of thiazole rings is 1. The topological polar surface area (TPSA) is 67.1 Å². The van der Waals surface area contributed by atoms with Gasteiger partial charge in [0.15, 0.2) is 5.96 Å². The molecule has 26 heavy (non-hydrogen) atoms. The second-order valence-electron chi connectivity index (χ2n) is 6.08. The van der Waals surface area contributed by atoms with Gasteiger partial charge in [0.1, 0.15) is 0 Å². The number of para-hydroxylation sites is 2. The Balaban J connectivity index is 1.46. The van der Waals surface area contributed by atoms with Crippen LogP contribution in [0.5, 0.6) is 0 Å². The summed E-state index contributed by atoms with van der Waals surface area (Å²) in [6.45, 7) is 7.56. The summed E-state index contributed by atoms with van der Waals surface area (Å²) in [7, 11) is 0. The van der Waals surface area contributed by atoms with Gasteiger partial charge in [0, 0.05) is 43.7 Å². The molecule has 6 nitrogen and oxygen atoms in total. The lowest BCUT2D eigenvalue weighted by atomic mass is 10.3. The summed E-state index contributed by atoms with van der Waals surface area (Å²) in [5.41, 5.74) is 2.23. The zero-order chi connectivity index (χ0) is 18.2. The van der Waals surface area contributed by atoms with E-state index >= 15 is 0 Å². The Hall–Kier alpha value is -2.41. The molecule has 3 rings (SSSR count). The highest BCUT2D eigenvalue weighted by atomic mass is 32.1. The minimum atomic E-state index is 0.776. The summed E-state index contributed by atoms with van der Waals surface area (Å²) in [4.78, 5) is 14.8. The Morgan fingerprint density at radius 1 is 1.23 bits per heavy atom. The predicted octanol–water partition coefficient (Wildman–Crippen LogP) is 2.99. The van der Waals surface area contributed by atoms with Gasteiger partial charge in [0.2, 0.25) is 0 Å². The zero-order valence-electron chi connectivity index (χ0n) is 15.4. The fourth-order valence-corrected chi connectivity index (χ4v) is 3.55. The quantitative estimate of drug-likeness (QED) is 0.363. The molecular formula is C19H26N6S. The van der Waals surface area contributed by atoms with E-state index in [4.69, 9.17) is 0 Å². The highest BCUT2D eigenvalue weighted by Gasteiger charge is 2.02. The summed E-state index contributed by atoms with van der Waals surface area (Å²) in [5, 5.41) is 7.85. The largest absolute Gasteiger partial charge is 0.357 e. The van der Waals surface area contributed by atoms with Crippen LogP contribution in [0.25, 0.3) is 11.0 Å². The molecule has 2 N–H and O–H groups in total. The Kier molecular flexibility index (Phi) is 6.60. The van der Waals surface area contributed by atoms with Gasteiger partial charge in [-0.3, -0.25) is 4.99 Å². The molecule has 2 aromatic heterocycles. The van der Waals surface area contributed by atoms with Crippen molar-refractivity contribution in [2.75, 3.05) is 19.6 Å². The third kappa shape index (κ3) is 5.05. The van der Waals surface area contributed by atoms with Gasteiger partial charge in [0.05, 0.1) is 22.4 Å². The fourth-order valence-electron chi connectivity index (χ4n) is 2.77. The van der Waals surface area contributed by atoms with Gasteiger partial charge in [-0.2, -0.15) is 0 Å². The van der Waals surface area contributed by atoms with Gasteiger partial charge in [-0.1, -0.05) is 12.1 Å². The third-order valence-corrected chi connectivity index (χ3v) is 4.97. The number of fused-ring (bicyclic) bond motifs is 1. The number of imidazole rings is 1. The summed E-state index contributed by atoms with van der Waals surface area (Å²) in [5.74, 6) is 0.872. The second-order valence-corrected chi connectivity index (χ2v) is 7.40. The molecule has 0 aliphatic carbocycles. The minimum Gasteiger partial charge on any atom is -0.357 e. The van der Waals surface area contributed by atoms with Crippen molar-refractivity contribution in [3.63, 3.8) is 0 Å². The summed E-state index contributed by atoms with van der Waals surface area (Å²) >= 11 is 1.75. The van der Waals surface area contributed by atoms with Crippen molar-refractivity contribution >= 4 is 28.3 Å². The van der Waals surface area contributed by atoms with E-state index in [1.54, 1.807) is 11.3 Å². The lowest BCUT2D eigenvalue weighted by Crippen LogP contribution is -2.38. The van der Waals surface area contributed by atoms with Crippen LogP contribution >= 0.6 is 11.3 Å². The van der Waals surface area contributed by atoms with Crippen molar-refractivity contribution in [2.24, 2.45) is 4.99 Å². The maximum absolute atomic E-state index is 4.67. The number of benzene rings is 1. The molecule has 0 bridgehead atoms. The van der Waals surface area contributed by atoms with Crippen molar-refractivity contribution < 1.29 is 0 Å². The Morgan fingerprint density at radius 2 is 2.12 bits per heavy atom. The van der Waals surface area contributed by atoms with Crippen molar-refractivity contribution in [1.82, 2.24) is 25.2 Å². The average Bonchev–Trinajstić information content (AvgIpc) is 3.25. The highest BCUT2D eigenvalue weighted by molar-refractivity contribution is 7.11. The molecule has 0 saturated heterocycles. The molecule has 7 heteroatoms. The first-order chi connectivity index (χ1) is 12.8. The van der Waals surface area contributed by atoms with Crippen LogP contribution in [0, 0.1) is 6.92 Å². The molecule has 2 heterocycles. The number of aromatic nitrogens is 3. The maximum Gasteiger partial charge on any atom is 0.191 e. The van der Waals surface area contributed by atoms with Crippen LogP contribution in [0.2, 0.25) is 0 Å². The number of hydrogen-bond acceptors (Lipinski definition) is 4. The minimum absolute atomic E-state index is 0.776. The smallest absolute Gasteiger partial charge is 0.191 e. The monoisotopic (exact) mass is 370 g/mol. The lowest BCUT2D eigenvalue weighted by Gasteiger charge is -2.10. The standard InChI is InChI=1S/C19H26N6S/c1-3-20-19(22-11-9-18-23-13-15(2)26-18)21-10-6-12-25-14-24-16-7-4-5-8-17(16)25/h4-5,7-8,13-14H,3,6,9-12H2,1-2H3,(H2,20,21,22). The van der Waals surface area contributed by atoms with E-state index in [1.165, 1.54) is 10.4 Å². The first-order valence-electron chi connectivity index (χ1n) is 9.09. The summed E-state index contributed by atoms with van der Waals surface area (Å²) in [6.07, 6.45) is 5.74. The van der Waals surface area contributed by atoms with Gasteiger partial charge in [0.25, 0.3) is 0 Å². The second kappa shape index (κ2) is 9.33. The number of aliphatic imine (C=N–C) groups is 1. The number of hydrogen-bond donors (Lipinski definition) is 2. The van der Waals surface area contributed by atoms with Gasteiger partial charge < -0.3 is 15.2 Å². The molecular weight excluding hydrogens is 344 g/mol. The van der Waals surface area contributed by atoms with Gasteiger partial charge in [-0.15, -0.1) is 11.3 Å². The summed E-state index contributed by atoms with van der Waals surface area (Å²) in [6, 6.07) is 8.22. The SMILES string of the molecule is CCNC(=NCCCn1cnc2ccccc21)NCCc1ncc(C)s1. The highest BCUT2D eigenvalue weighted by Crippen LogP contribution is 2.12. The van der Waals surface area contributed by atoms with Gasteiger partial charge in [-0.25, -0.2) is 9.97 Å². The number of guanidine groups is 1. The zero-order valence-corrected chi connectivity index (χ0v) is 16.2. The molecule has 1 aromatic carbocycles. The molecule has 0 aliphatic rings. The lowest BCUT2D eigenvalue weighted by molar-refractivity contribution is 0.661. The maximum atomic E-state index is 4.67. The molecule has 0 unspecified atom stereocenters. The first-order valence-corrected chi connectivity index (χ1v) is 9.91. The van der Waals surface area contributed by atoms with E-state index in [9.17, 15) is 0 Å². The molecule has 0 spiro atoms. The molecule has 0 radical (unpaired) electrons. The van der Waals surface area contributed by atoms with Crippen LogP contribution in [0.3, 0.4) is 0 Å². The Bertz CT molecular complexity index is 850. The Morgan fingerprint density at radius 3 is 2.92 bits per heavy atom. The number of aryl methyl sites for hydroxylation is 2. The first kappa shape index (κ1) is 18.4. The van der Waals surface area contributed by atoms with Crippen molar-refractivity contribution in [3.8, 4) is 0 Å². The van der Waals surface area contributed by atoms with Gasteiger partial charge >= 0.3 is 0 Å². The van der Waals surface area contributed by atoms with Crippen molar-refractivity contribution in [3.05, 3.63) is 46.7 Å². The fraction of sp³-hybridized carbons (Fsp3) is 0.421. The Labute approximate surface area is 158 Å². The van der Waals surface area contributed by atoms with Crippen molar-refractivity contribution in [1.29, 1.82) is 0 Å². The molecule has 0 aliphatic heterocycles. The molecule has 0 saturated carbocycles. The van der Waals surface area contributed by atoms with Crippen LogP contribution in [0.4, 0.5) is 0 Å². The van der Waals surface area contributed by atoms with Crippen molar-refractivity contribution in [2.45, 2.75) is 33.2 Å². The van der Waals surface area contributed by atoms with Crippen LogP contribution in [-0.4, -0.2) is 40.1 Å². The van der Waals surface area contributed by atoms with Crippen LogP contribution in [0.1, 0.15) is 23.2 Å². The molecule has 0 atom stereocenters. The molecule has 138 valence electrons. The van der Waals surface area contributed by atoms with Gasteiger partial charge in [-0.05, 0) is 32.4 Å². The van der Waals surface area contributed by atoms with Crippen LogP contribution in [-0.2, 0) is 13.0 Å². The van der Waals surface area contributed by atoms with E-state index in [2.05, 4.69) is 56.1 Å². The molecule has 3 aromatic rings. The van der Waals surface area contributed by atoms with Crippen LogP contribution in [0.15, 0.2) is 41.8 Å². The molecule has 0 amide bonds. The van der Waals surface area contributed by atoms with Crippen LogP contribution < -0.4 is 10.6 Å². The predicted molar refractivity (Wildman–Crippen MR) is 109 cm³/mol. The summed E-state index contributed by atoms with van der Waals surface area (Å²) < 4.78 is 2.19. The van der Waals surface area contributed by atoms with E-state index in [1.807, 2.05) is 24.7 Å². The van der Waals surface area contributed by atoms with E-state index in [0.717, 1.165) is 55.5 Å². The van der Waals surface area contributed by atoms with E-state index < -0.39 is 0 Å². The third-order valence-electron chi connectivity index (χ3n) is 4.00. The normalized spacial score (nSPS) is 11.8. The number of nitrogens with zero attached hydrogens (tertiary/aromatic N) is 4. The van der Waals surface area contributed by atoms with E-state index in [0.29, 0.717) is 0 Å².